The summed E-state index contributed by atoms with van der Waals surface area (Å²) < 4.78 is 201. The van der Waals surface area contributed by atoms with Gasteiger partial charge in [-0.15, -0.1) is 0 Å². The molecular formula is C56H53Cl2F9N6O12S3. The molecule has 0 spiro atoms. The van der Waals surface area contributed by atoms with Crippen LogP contribution in [0.3, 0.4) is 0 Å². The van der Waals surface area contributed by atoms with Crippen molar-refractivity contribution in [3.63, 3.8) is 0 Å². The first kappa shape index (κ1) is 68.8. The molecule has 0 aromatic heterocycles. The molecule has 474 valence electrons. The lowest BCUT2D eigenvalue weighted by Gasteiger charge is -2.33. The Labute approximate surface area is 508 Å². The largest absolute Gasteiger partial charge is 0.393 e. The number of rotatable bonds is 12. The van der Waals surface area contributed by atoms with Gasteiger partial charge < -0.3 is 31.3 Å². The number of sulfonamides is 3. The number of halogens is 11. The molecule has 6 N–H and O–H groups in total. The third-order valence-corrected chi connectivity index (χ3v) is 20.7. The van der Waals surface area contributed by atoms with Crippen molar-refractivity contribution in [2.24, 2.45) is 5.92 Å². The van der Waals surface area contributed by atoms with E-state index in [0.29, 0.717) is 42.7 Å². The van der Waals surface area contributed by atoms with Gasteiger partial charge in [-0.1, -0.05) is 36.2 Å². The maximum absolute atomic E-state index is 14.2. The zero-order chi connectivity index (χ0) is 64.9. The van der Waals surface area contributed by atoms with Gasteiger partial charge in [0, 0.05) is 103 Å². The Hall–Kier alpha value is -6.71. The summed E-state index contributed by atoms with van der Waals surface area (Å²) in [7, 11) is -12.2. The second-order valence-electron chi connectivity index (χ2n) is 20.4. The maximum atomic E-state index is 14.2. The van der Waals surface area contributed by atoms with E-state index in [1.807, 2.05) is 0 Å². The Bertz CT molecular complexity index is 3780. The van der Waals surface area contributed by atoms with E-state index in [1.54, 1.807) is 13.8 Å². The van der Waals surface area contributed by atoms with E-state index in [2.05, 4.69) is 16.0 Å². The predicted molar refractivity (Wildman–Crippen MR) is 303 cm³/mol. The van der Waals surface area contributed by atoms with Gasteiger partial charge in [0.25, 0.3) is 17.7 Å². The number of hydrogen-bond donors (Lipinski definition) is 6. The van der Waals surface area contributed by atoms with E-state index >= 15 is 0 Å². The van der Waals surface area contributed by atoms with Gasteiger partial charge in [-0.3, -0.25) is 14.4 Å². The van der Waals surface area contributed by atoms with Gasteiger partial charge >= 0.3 is 0 Å². The lowest BCUT2D eigenvalue weighted by molar-refractivity contribution is 0.0628. The molecule has 3 heterocycles. The van der Waals surface area contributed by atoms with Gasteiger partial charge in [-0.2, -0.15) is 12.9 Å². The van der Waals surface area contributed by atoms with Gasteiger partial charge in [-0.05, 0) is 105 Å². The quantitative estimate of drug-likeness (QED) is 0.0495. The fourth-order valence-corrected chi connectivity index (χ4v) is 14.6. The minimum Gasteiger partial charge on any atom is -0.393 e. The Kier molecular flexibility index (Phi) is 22.2. The van der Waals surface area contributed by atoms with Crippen LogP contribution >= 0.6 is 23.2 Å². The summed E-state index contributed by atoms with van der Waals surface area (Å²) in [6.07, 6.45) is -0.455. The number of aliphatic hydroxyl groups is 3. The number of aliphatic hydroxyl groups excluding tert-OH is 3. The van der Waals surface area contributed by atoms with E-state index in [1.165, 1.54) is 38.9 Å². The molecule has 6 aromatic carbocycles. The average Bonchev–Trinajstić information content (AvgIpc) is 1.02. The van der Waals surface area contributed by atoms with Gasteiger partial charge in [0.05, 0.1) is 33.3 Å². The van der Waals surface area contributed by atoms with Gasteiger partial charge in [-0.25, -0.2) is 64.8 Å². The summed E-state index contributed by atoms with van der Waals surface area (Å²) >= 11 is 11.7. The molecule has 0 radical (unpaired) electrons. The number of benzene rings is 6. The second kappa shape index (κ2) is 28.4. The molecule has 32 heteroatoms. The van der Waals surface area contributed by atoms with Crippen LogP contribution in [-0.4, -0.2) is 129 Å². The molecule has 0 bridgehead atoms. The Morgan fingerprint density at radius 1 is 0.443 bits per heavy atom. The summed E-state index contributed by atoms with van der Waals surface area (Å²) in [6, 6.07) is 14.4. The molecule has 18 nitrogen and oxygen atoms in total. The van der Waals surface area contributed by atoms with Crippen molar-refractivity contribution in [1.29, 1.82) is 0 Å². The monoisotopic (exact) mass is 1340 g/mol. The number of anilines is 3. The molecule has 3 amide bonds. The zero-order valence-corrected chi connectivity index (χ0v) is 49.9. The number of aryl methyl sites for hydroxylation is 1. The lowest BCUT2D eigenvalue weighted by Crippen LogP contribution is -2.44. The molecule has 3 aliphatic heterocycles. The second-order valence-corrected chi connectivity index (χ2v) is 26.9. The van der Waals surface area contributed by atoms with Gasteiger partial charge in [0.15, 0.2) is 46.5 Å². The topological polar surface area (TPSA) is 260 Å². The molecule has 0 aliphatic carbocycles. The zero-order valence-electron chi connectivity index (χ0n) is 46.0. The maximum Gasteiger partial charge on any atom is 0.255 e. The van der Waals surface area contributed by atoms with E-state index in [0.717, 1.165) is 40.7 Å². The van der Waals surface area contributed by atoms with Crippen LogP contribution in [0.5, 0.6) is 0 Å². The molecule has 88 heavy (non-hydrogen) atoms. The highest BCUT2D eigenvalue weighted by Gasteiger charge is 2.36. The molecule has 0 saturated carbocycles. The van der Waals surface area contributed by atoms with Crippen molar-refractivity contribution in [3.8, 4) is 0 Å². The molecule has 2 unspecified atom stereocenters. The molecule has 6 aromatic rings. The van der Waals surface area contributed by atoms with Crippen LogP contribution in [-0.2, 0) is 30.1 Å². The van der Waals surface area contributed by atoms with Crippen LogP contribution in [0.25, 0.3) is 0 Å². The molecule has 9 rings (SSSR count). The number of carbonyl (C=O) groups is 3. The number of piperidine rings is 3. The van der Waals surface area contributed by atoms with E-state index in [4.69, 9.17) is 23.2 Å². The Morgan fingerprint density at radius 2 is 0.795 bits per heavy atom. The molecule has 3 aliphatic rings. The minimum absolute atomic E-state index is 0.00645. The van der Waals surface area contributed by atoms with Crippen LogP contribution in [0.4, 0.5) is 56.6 Å². The van der Waals surface area contributed by atoms with Crippen LogP contribution < -0.4 is 16.0 Å². The number of nitrogens with zero attached hydrogens (tertiary/aromatic N) is 3. The lowest BCUT2D eigenvalue weighted by atomic mass is 9.99. The third kappa shape index (κ3) is 16.2. The van der Waals surface area contributed by atoms with Crippen LogP contribution in [0.2, 0.25) is 10.0 Å². The highest BCUT2D eigenvalue weighted by atomic mass is 35.5. The molecule has 3 saturated heterocycles. The van der Waals surface area contributed by atoms with E-state index < -0.39 is 134 Å². The van der Waals surface area contributed by atoms with Crippen molar-refractivity contribution >= 4 is 88.1 Å². The fourth-order valence-electron chi connectivity index (χ4n) is 9.09. The van der Waals surface area contributed by atoms with Crippen molar-refractivity contribution in [3.05, 3.63) is 176 Å². The normalized spacial score (nSPS) is 17.5. The van der Waals surface area contributed by atoms with Crippen molar-refractivity contribution in [2.75, 3.05) is 55.2 Å². The predicted octanol–water partition coefficient (Wildman–Crippen LogP) is 9.37. The SMILES string of the molecule is CC1CN(S(=O)(=O)c2cc(C(=O)Nc3cc(F)c(F)c(Cl)c3)ccc2Cl)CCC1O.Cc1ccc(C(=O)Nc2cc(F)c(F)c(F)c2)cc1S(=O)(=O)N1CCC(O)CC1.O=C(Nc1cc(F)c(F)c(F)c1)c1ccc(F)c(S(=O)(=O)N2CCC(O)CC2)c1. The van der Waals surface area contributed by atoms with E-state index in [9.17, 15) is 94.5 Å². The first-order valence-electron chi connectivity index (χ1n) is 26.3. The third-order valence-electron chi connectivity index (χ3n) is 14.1. The van der Waals surface area contributed by atoms with Crippen molar-refractivity contribution in [2.45, 2.75) is 78.9 Å². The number of carbonyl (C=O) groups excluding carboxylic acids is 3. The van der Waals surface area contributed by atoms with Crippen LogP contribution in [0, 0.1) is 65.2 Å². The number of hydrogen-bond acceptors (Lipinski definition) is 12. The molecular weight excluding hydrogens is 1290 g/mol. The standard InChI is InChI=1S/C19H18Cl2F2N2O4S.C19H19F3N2O4S.C18H16F4N2O4S/c1-10-9-25(5-4-16(10)26)30(28,29)17-6-11(2-3-13(17)20)19(27)24-12-7-14(21)18(23)15(22)8-12;1-11-2-3-12(19(26)23-13-9-15(20)18(22)16(21)10-13)8-17(11)29(27,28)24-6-4-14(25)5-7-24;19-13-2-1-10(18(26)23-11-8-14(20)17(22)15(21)9-11)7-16(13)29(27,28)24-5-3-12(25)4-6-24/h2-3,6-8,10,16,26H,4-5,9H2,1H3,(H,24,27);2-3,8-10,14,25H,4-7H2,1H3,(H,23,26);1-2,7-9,12,25H,3-6H2,(H,23,26). The first-order chi connectivity index (χ1) is 41.2. The smallest absolute Gasteiger partial charge is 0.255 e. The minimum atomic E-state index is -4.27. The highest BCUT2D eigenvalue weighted by Crippen LogP contribution is 2.32. The summed E-state index contributed by atoms with van der Waals surface area (Å²) in [6.45, 7) is 3.86. The van der Waals surface area contributed by atoms with Crippen LogP contribution in [0.15, 0.2) is 106 Å². The Morgan fingerprint density at radius 3 is 1.23 bits per heavy atom. The summed E-state index contributed by atoms with van der Waals surface area (Å²) in [4.78, 5) is 36.2. The summed E-state index contributed by atoms with van der Waals surface area (Å²) in [5.74, 6) is -15.7. The number of nitrogens with one attached hydrogen (secondary N) is 3. The number of amides is 3. The summed E-state index contributed by atoms with van der Waals surface area (Å²) in [5.41, 5.74) is -0.757. The average molecular weight is 1340 g/mol. The summed E-state index contributed by atoms with van der Waals surface area (Å²) in [5, 5.41) is 35.0. The van der Waals surface area contributed by atoms with Crippen LogP contribution in [0.1, 0.15) is 75.7 Å². The highest BCUT2D eigenvalue weighted by molar-refractivity contribution is 7.89. The first-order valence-corrected chi connectivity index (χ1v) is 31.4. The molecule has 2 atom stereocenters. The fraction of sp³-hybridized carbons (Fsp3) is 0.304. The van der Waals surface area contributed by atoms with Gasteiger partial charge in [0.2, 0.25) is 30.1 Å². The van der Waals surface area contributed by atoms with Crippen molar-refractivity contribution in [1.82, 2.24) is 12.9 Å². The van der Waals surface area contributed by atoms with Crippen molar-refractivity contribution < 1.29 is 94.5 Å². The van der Waals surface area contributed by atoms with Gasteiger partial charge in [0.1, 0.15) is 15.6 Å². The molecule has 3 fully saturated rings. The Balaban J connectivity index is 0.000000188. The van der Waals surface area contributed by atoms with E-state index in [-0.39, 0.29) is 107 Å².